The van der Waals surface area contributed by atoms with E-state index in [1.165, 1.54) is 4.31 Å². The van der Waals surface area contributed by atoms with Crippen molar-refractivity contribution < 1.29 is 23.0 Å². The number of benzene rings is 2. The third-order valence-corrected chi connectivity index (χ3v) is 8.43. The van der Waals surface area contributed by atoms with Gasteiger partial charge in [0.2, 0.25) is 15.8 Å². The Morgan fingerprint density at radius 3 is 2.31 bits per heavy atom. The molecule has 0 aromatic heterocycles. The van der Waals surface area contributed by atoms with E-state index in [2.05, 4.69) is 9.80 Å². The van der Waals surface area contributed by atoms with Gasteiger partial charge in [-0.15, -0.1) is 0 Å². The van der Waals surface area contributed by atoms with Gasteiger partial charge in [0.15, 0.2) is 0 Å². The Hall–Kier alpha value is -2.17. The maximum atomic E-state index is 13.2. The number of rotatable bonds is 5. The number of fused-ring (bicyclic) bond motifs is 2. The number of anilines is 1. The molecule has 1 spiro atoms. The van der Waals surface area contributed by atoms with E-state index in [0.29, 0.717) is 25.3 Å². The lowest BCUT2D eigenvalue weighted by Gasteiger charge is -2.40. The maximum Gasteiger partial charge on any atom is 0.243 e. The van der Waals surface area contributed by atoms with Crippen molar-refractivity contribution in [2.24, 2.45) is 0 Å². The summed E-state index contributed by atoms with van der Waals surface area (Å²) in [4.78, 5) is 4.97. The van der Waals surface area contributed by atoms with E-state index >= 15 is 0 Å². The Balaban J connectivity index is 1.19. The summed E-state index contributed by atoms with van der Waals surface area (Å²) < 4.78 is 39.8. The summed E-state index contributed by atoms with van der Waals surface area (Å²) in [5.41, 5.74) is 1.72. The Morgan fingerprint density at radius 2 is 1.59 bits per heavy atom. The maximum absolute atomic E-state index is 13.2. The van der Waals surface area contributed by atoms with Crippen molar-refractivity contribution in [2.45, 2.75) is 17.1 Å². The lowest BCUT2D eigenvalue weighted by atomic mass is 10.1. The van der Waals surface area contributed by atoms with Crippen molar-refractivity contribution in [3.63, 3.8) is 0 Å². The van der Waals surface area contributed by atoms with Gasteiger partial charge in [-0.25, -0.2) is 8.42 Å². The molecule has 0 radical (unpaired) electrons. The van der Waals surface area contributed by atoms with Gasteiger partial charge in [-0.1, -0.05) is 18.2 Å². The van der Waals surface area contributed by atoms with E-state index in [0.717, 1.165) is 44.8 Å². The van der Waals surface area contributed by atoms with Crippen molar-refractivity contribution in [3.8, 4) is 5.75 Å². The van der Waals surface area contributed by atoms with Crippen molar-refractivity contribution in [3.05, 3.63) is 54.1 Å². The molecule has 0 bridgehead atoms. The van der Waals surface area contributed by atoms with Crippen LogP contribution in [0.3, 0.4) is 0 Å². The summed E-state index contributed by atoms with van der Waals surface area (Å²) in [6, 6.07) is 14.3. The van der Waals surface area contributed by atoms with Gasteiger partial charge < -0.3 is 19.5 Å². The Labute approximate surface area is 189 Å². The molecule has 2 fully saturated rings. The molecule has 32 heavy (non-hydrogen) atoms. The summed E-state index contributed by atoms with van der Waals surface area (Å²) in [5, 5.41) is 9.47. The van der Waals surface area contributed by atoms with Crippen LogP contribution in [0.15, 0.2) is 53.4 Å². The summed E-state index contributed by atoms with van der Waals surface area (Å²) in [6.45, 7) is 6.06. The smallest absolute Gasteiger partial charge is 0.243 e. The largest absolute Gasteiger partial charge is 0.508 e. The molecule has 0 aliphatic carbocycles. The topological polar surface area (TPSA) is 82.6 Å². The van der Waals surface area contributed by atoms with E-state index in [1.54, 1.807) is 30.3 Å². The minimum atomic E-state index is -3.57. The number of hydrogen-bond acceptors (Lipinski definition) is 7. The molecule has 0 unspecified atom stereocenters. The van der Waals surface area contributed by atoms with Gasteiger partial charge in [0.1, 0.15) is 5.75 Å². The van der Waals surface area contributed by atoms with Crippen molar-refractivity contribution in [2.75, 3.05) is 63.9 Å². The first-order valence-corrected chi connectivity index (χ1v) is 12.6. The fourth-order valence-corrected chi connectivity index (χ4v) is 6.55. The standard InChI is InChI=1S/C23H29N3O5S/c27-20-8-6-19(7-9-20)25-14-12-24(13-15-25)10-3-11-26-18-23(30-16-17-31-23)21-4-1-2-5-22(21)32(26,28)29/h1-2,4-9,27H,3,10-18H2. The zero-order valence-electron chi connectivity index (χ0n) is 18.0. The molecule has 5 rings (SSSR count). The monoisotopic (exact) mass is 459 g/mol. The number of phenolic OH excluding ortho intramolecular Hbond substituents is 1. The molecular weight excluding hydrogens is 430 g/mol. The second-order valence-electron chi connectivity index (χ2n) is 8.48. The van der Waals surface area contributed by atoms with E-state index in [1.807, 2.05) is 18.2 Å². The second kappa shape index (κ2) is 8.64. The molecule has 0 atom stereocenters. The fourth-order valence-electron chi connectivity index (χ4n) is 4.81. The zero-order chi connectivity index (χ0) is 22.2. The minimum Gasteiger partial charge on any atom is -0.508 e. The molecule has 2 aromatic rings. The third-order valence-electron chi connectivity index (χ3n) is 6.52. The molecule has 9 heteroatoms. The molecule has 1 N–H and O–H groups in total. The van der Waals surface area contributed by atoms with Crippen LogP contribution in [-0.2, 0) is 25.3 Å². The summed E-state index contributed by atoms with van der Waals surface area (Å²) in [7, 11) is -3.57. The highest BCUT2D eigenvalue weighted by atomic mass is 32.2. The average Bonchev–Trinajstić information content (AvgIpc) is 3.28. The number of ether oxygens (including phenoxy) is 2. The first-order valence-electron chi connectivity index (χ1n) is 11.1. The zero-order valence-corrected chi connectivity index (χ0v) is 18.8. The van der Waals surface area contributed by atoms with Crippen LogP contribution in [0.1, 0.15) is 12.0 Å². The first-order chi connectivity index (χ1) is 15.5. The minimum absolute atomic E-state index is 0.195. The van der Waals surface area contributed by atoms with Crippen LogP contribution in [0.2, 0.25) is 0 Å². The van der Waals surface area contributed by atoms with Gasteiger partial charge in [0.25, 0.3) is 0 Å². The van der Waals surface area contributed by atoms with E-state index in [4.69, 9.17) is 9.47 Å². The van der Waals surface area contributed by atoms with Gasteiger partial charge in [-0.2, -0.15) is 4.31 Å². The molecule has 3 aliphatic rings. The SMILES string of the molecule is O=S1(=O)c2ccccc2C2(CN1CCCN1CCN(c3ccc(O)cc3)CC1)OCCO2. The summed E-state index contributed by atoms with van der Waals surface area (Å²) >= 11 is 0. The van der Waals surface area contributed by atoms with Gasteiger partial charge in [-0.05, 0) is 43.3 Å². The Bertz CT molecular complexity index is 1050. The van der Waals surface area contributed by atoms with Crippen LogP contribution >= 0.6 is 0 Å². The number of nitrogens with zero attached hydrogens (tertiary/aromatic N) is 3. The lowest BCUT2D eigenvalue weighted by Crippen LogP contribution is -2.51. The van der Waals surface area contributed by atoms with E-state index < -0.39 is 15.8 Å². The van der Waals surface area contributed by atoms with Crippen LogP contribution < -0.4 is 4.90 Å². The van der Waals surface area contributed by atoms with Crippen LogP contribution in [0.5, 0.6) is 5.75 Å². The number of phenols is 1. The van der Waals surface area contributed by atoms with E-state index in [-0.39, 0.29) is 17.2 Å². The van der Waals surface area contributed by atoms with Crippen LogP contribution in [0, 0.1) is 0 Å². The van der Waals surface area contributed by atoms with E-state index in [9.17, 15) is 13.5 Å². The van der Waals surface area contributed by atoms with Crippen molar-refractivity contribution >= 4 is 15.7 Å². The molecule has 172 valence electrons. The van der Waals surface area contributed by atoms with Crippen LogP contribution in [-0.4, -0.2) is 81.8 Å². The van der Waals surface area contributed by atoms with Crippen LogP contribution in [0.4, 0.5) is 5.69 Å². The highest BCUT2D eigenvalue weighted by molar-refractivity contribution is 7.89. The molecule has 8 nitrogen and oxygen atoms in total. The highest BCUT2D eigenvalue weighted by Crippen LogP contribution is 2.41. The Kier molecular flexibility index (Phi) is 5.85. The summed E-state index contributed by atoms with van der Waals surface area (Å²) in [6.07, 6.45) is 0.747. The molecule has 3 heterocycles. The molecule has 0 saturated carbocycles. The number of hydrogen-bond donors (Lipinski definition) is 1. The quantitative estimate of drug-likeness (QED) is 0.730. The fraction of sp³-hybridized carbons (Fsp3) is 0.478. The number of sulfonamides is 1. The predicted molar refractivity (Wildman–Crippen MR) is 120 cm³/mol. The molecule has 0 amide bonds. The number of aromatic hydroxyl groups is 1. The van der Waals surface area contributed by atoms with Crippen LogP contribution in [0.25, 0.3) is 0 Å². The van der Waals surface area contributed by atoms with Crippen molar-refractivity contribution in [1.82, 2.24) is 9.21 Å². The van der Waals surface area contributed by atoms with Crippen molar-refractivity contribution in [1.29, 1.82) is 0 Å². The molecule has 2 aromatic carbocycles. The number of piperazine rings is 1. The predicted octanol–water partition coefficient (Wildman–Crippen LogP) is 1.81. The highest BCUT2D eigenvalue weighted by Gasteiger charge is 2.50. The van der Waals surface area contributed by atoms with Gasteiger partial charge >= 0.3 is 0 Å². The summed E-state index contributed by atoms with van der Waals surface area (Å²) in [5.74, 6) is -0.713. The molecule has 2 saturated heterocycles. The third kappa shape index (κ3) is 3.99. The average molecular weight is 460 g/mol. The second-order valence-corrected chi connectivity index (χ2v) is 10.4. The van der Waals surface area contributed by atoms with Gasteiger partial charge in [0, 0.05) is 44.0 Å². The van der Waals surface area contributed by atoms with Gasteiger partial charge in [-0.3, -0.25) is 4.90 Å². The first kappa shape index (κ1) is 21.7. The normalized spacial score (nSPS) is 22.8. The molecule has 3 aliphatic heterocycles. The lowest BCUT2D eigenvalue weighted by molar-refractivity contribution is -0.176. The Morgan fingerprint density at radius 1 is 0.906 bits per heavy atom. The molecular formula is C23H29N3O5S. The van der Waals surface area contributed by atoms with Gasteiger partial charge in [0.05, 0.1) is 24.7 Å².